The Bertz CT molecular complexity index is 706. The van der Waals surface area contributed by atoms with Gasteiger partial charge in [-0.15, -0.1) is 0 Å². The summed E-state index contributed by atoms with van der Waals surface area (Å²) in [6.45, 7) is 0.853. The zero-order valence-corrected chi connectivity index (χ0v) is 11.4. The molecule has 0 amide bonds. The van der Waals surface area contributed by atoms with E-state index in [4.69, 9.17) is 10.2 Å². The smallest absolute Gasteiger partial charge is 0.298 e. The molecule has 0 fully saturated rings. The molecule has 0 aliphatic heterocycles. The summed E-state index contributed by atoms with van der Waals surface area (Å²) < 4.78 is 5.73. The lowest BCUT2D eigenvalue weighted by molar-refractivity contribution is 0.583. The van der Waals surface area contributed by atoms with Gasteiger partial charge in [0.25, 0.3) is 6.01 Å². The van der Waals surface area contributed by atoms with Crippen LogP contribution in [0.2, 0.25) is 0 Å². The van der Waals surface area contributed by atoms with Gasteiger partial charge in [0.1, 0.15) is 5.52 Å². The van der Waals surface area contributed by atoms with E-state index in [1.807, 2.05) is 36.2 Å². The van der Waals surface area contributed by atoms with Crippen molar-refractivity contribution in [2.24, 2.45) is 0 Å². The topological polar surface area (TPSA) is 55.3 Å². The highest BCUT2D eigenvalue weighted by atomic mass is 16.4. The molecule has 0 saturated carbocycles. The summed E-state index contributed by atoms with van der Waals surface area (Å²) in [4.78, 5) is 6.48. The summed E-state index contributed by atoms with van der Waals surface area (Å²) in [7, 11) is 1.98. The highest BCUT2D eigenvalue weighted by Crippen LogP contribution is 2.23. The molecular formula is C16H17N3O. The number of nitrogens with two attached hydrogens (primary N) is 1. The first-order valence-electron chi connectivity index (χ1n) is 6.63. The molecule has 0 bridgehead atoms. The predicted molar refractivity (Wildman–Crippen MR) is 81.8 cm³/mol. The van der Waals surface area contributed by atoms with Crippen LogP contribution in [-0.2, 0) is 6.42 Å². The summed E-state index contributed by atoms with van der Waals surface area (Å²) >= 11 is 0. The van der Waals surface area contributed by atoms with Gasteiger partial charge in [0.2, 0.25) is 0 Å². The fourth-order valence-electron chi connectivity index (χ4n) is 2.13. The number of anilines is 2. The zero-order chi connectivity index (χ0) is 13.9. The number of hydrogen-bond donors (Lipinski definition) is 1. The third kappa shape index (κ3) is 2.59. The number of fused-ring (bicyclic) bond motifs is 1. The summed E-state index contributed by atoms with van der Waals surface area (Å²) in [5.74, 6) is 0. The molecule has 1 heterocycles. The molecule has 4 nitrogen and oxygen atoms in total. The van der Waals surface area contributed by atoms with Crippen molar-refractivity contribution in [2.45, 2.75) is 6.42 Å². The second kappa shape index (κ2) is 5.25. The lowest BCUT2D eigenvalue weighted by Gasteiger charge is -2.13. The van der Waals surface area contributed by atoms with Gasteiger partial charge in [-0.1, -0.05) is 30.3 Å². The highest BCUT2D eigenvalue weighted by molar-refractivity contribution is 5.78. The Morgan fingerprint density at radius 3 is 2.75 bits per heavy atom. The Hall–Kier alpha value is -2.49. The van der Waals surface area contributed by atoms with Crippen molar-refractivity contribution in [2.75, 3.05) is 24.2 Å². The molecule has 2 N–H and O–H groups in total. The number of hydrogen-bond acceptors (Lipinski definition) is 4. The molecule has 4 heteroatoms. The maximum Gasteiger partial charge on any atom is 0.298 e. The Labute approximate surface area is 117 Å². The van der Waals surface area contributed by atoms with E-state index in [2.05, 4.69) is 29.2 Å². The maximum atomic E-state index is 5.75. The zero-order valence-electron chi connectivity index (χ0n) is 11.4. The van der Waals surface area contributed by atoms with E-state index >= 15 is 0 Å². The number of rotatable bonds is 4. The molecule has 0 saturated heterocycles. The van der Waals surface area contributed by atoms with Crippen LogP contribution in [0, 0.1) is 0 Å². The van der Waals surface area contributed by atoms with Crippen molar-refractivity contribution in [3.8, 4) is 0 Å². The van der Waals surface area contributed by atoms with Crippen molar-refractivity contribution in [3.05, 3.63) is 54.1 Å². The molecule has 20 heavy (non-hydrogen) atoms. The summed E-state index contributed by atoms with van der Waals surface area (Å²) in [6.07, 6.45) is 0.957. The summed E-state index contributed by atoms with van der Waals surface area (Å²) in [6, 6.07) is 16.5. The van der Waals surface area contributed by atoms with Gasteiger partial charge in [0.05, 0.1) is 0 Å². The number of benzene rings is 2. The van der Waals surface area contributed by atoms with Gasteiger partial charge in [0, 0.05) is 19.3 Å². The second-order valence-corrected chi connectivity index (χ2v) is 4.88. The predicted octanol–water partition coefficient (Wildman–Crippen LogP) is 3.09. The Morgan fingerprint density at radius 1 is 1.15 bits per heavy atom. The monoisotopic (exact) mass is 267 g/mol. The van der Waals surface area contributed by atoms with E-state index in [0.717, 1.165) is 24.1 Å². The molecule has 1 aromatic heterocycles. The first-order valence-corrected chi connectivity index (χ1v) is 6.63. The third-order valence-corrected chi connectivity index (χ3v) is 3.31. The van der Waals surface area contributed by atoms with Crippen LogP contribution in [0.5, 0.6) is 0 Å². The average molecular weight is 267 g/mol. The largest absolute Gasteiger partial charge is 0.423 e. The summed E-state index contributed by atoms with van der Waals surface area (Å²) in [5, 5.41) is 0. The summed E-state index contributed by atoms with van der Waals surface area (Å²) in [5.41, 5.74) is 9.31. The Morgan fingerprint density at radius 2 is 1.95 bits per heavy atom. The molecule has 0 aliphatic rings. The van der Waals surface area contributed by atoms with Crippen molar-refractivity contribution in [1.82, 2.24) is 4.98 Å². The van der Waals surface area contributed by atoms with Crippen LogP contribution < -0.4 is 10.6 Å². The van der Waals surface area contributed by atoms with Crippen molar-refractivity contribution < 1.29 is 4.42 Å². The van der Waals surface area contributed by atoms with Gasteiger partial charge in [-0.2, -0.15) is 4.98 Å². The minimum absolute atomic E-state index is 0.626. The Balaban J connectivity index is 1.73. The molecule has 3 aromatic rings. The third-order valence-electron chi connectivity index (χ3n) is 3.31. The van der Waals surface area contributed by atoms with E-state index in [9.17, 15) is 0 Å². The number of oxazole rings is 1. The van der Waals surface area contributed by atoms with Gasteiger partial charge in [-0.05, 0) is 30.2 Å². The minimum Gasteiger partial charge on any atom is -0.423 e. The Kier molecular flexibility index (Phi) is 3.29. The number of nitrogen functional groups attached to an aromatic ring is 1. The standard InChI is InChI=1S/C16H17N3O/c1-19(10-9-12-5-3-2-4-6-12)16-18-14-11-13(17)7-8-15(14)20-16/h2-8,11H,9-10,17H2,1H3. The molecule has 2 aromatic carbocycles. The SMILES string of the molecule is CN(CCc1ccccc1)c1nc2cc(N)ccc2o1. The molecule has 0 unspecified atom stereocenters. The van der Waals surface area contributed by atoms with E-state index in [1.54, 1.807) is 0 Å². The van der Waals surface area contributed by atoms with E-state index < -0.39 is 0 Å². The van der Waals surface area contributed by atoms with Crippen LogP contribution in [0.4, 0.5) is 11.7 Å². The molecule has 0 aliphatic carbocycles. The van der Waals surface area contributed by atoms with E-state index in [0.29, 0.717) is 11.7 Å². The average Bonchev–Trinajstić information content (AvgIpc) is 2.89. The second-order valence-electron chi connectivity index (χ2n) is 4.88. The molecule has 0 atom stereocenters. The quantitative estimate of drug-likeness (QED) is 0.738. The van der Waals surface area contributed by atoms with E-state index in [1.165, 1.54) is 5.56 Å². The van der Waals surface area contributed by atoms with Gasteiger partial charge >= 0.3 is 0 Å². The van der Waals surface area contributed by atoms with Crippen LogP contribution in [0.1, 0.15) is 5.56 Å². The van der Waals surface area contributed by atoms with Crippen molar-refractivity contribution in [1.29, 1.82) is 0 Å². The lowest BCUT2D eigenvalue weighted by Crippen LogP contribution is -2.20. The number of likely N-dealkylation sites (N-methyl/N-ethyl adjacent to an activating group) is 1. The normalized spacial score (nSPS) is 10.8. The van der Waals surface area contributed by atoms with Crippen LogP contribution in [-0.4, -0.2) is 18.6 Å². The van der Waals surface area contributed by atoms with E-state index in [-0.39, 0.29) is 0 Å². The van der Waals surface area contributed by atoms with Crippen LogP contribution >= 0.6 is 0 Å². The van der Waals surface area contributed by atoms with Gasteiger partial charge in [0.15, 0.2) is 5.58 Å². The van der Waals surface area contributed by atoms with Crippen LogP contribution in [0.15, 0.2) is 52.9 Å². The van der Waals surface area contributed by atoms with Crippen LogP contribution in [0.25, 0.3) is 11.1 Å². The molecule has 0 radical (unpaired) electrons. The molecular weight excluding hydrogens is 250 g/mol. The fraction of sp³-hybridized carbons (Fsp3) is 0.188. The van der Waals surface area contributed by atoms with Gasteiger partial charge < -0.3 is 15.1 Å². The molecule has 102 valence electrons. The fourth-order valence-corrected chi connectivity index (χ4v) is 2.13. The first-order chi connectivity index (χ1) is 9.72. The van der Waals surface area contributed by atoms with Gasteiger partial charge in [-0.25, -0.2) is 0 Å². The molecule has 3 rings (SSSR count). The van der Waals surface area contributed by atoms with Gasteiger partial charge in [-0.3, -0.25) is 0 Å². The highest BCUT2D eigenvalue weighted by Gasteiger charge is 2.10. The molecule has 0 spiro atoms. The van der Waals surface area contributed by atoms with Crippen molar-refractivity contribution >= 4 is 22.8 Å². The van der Waals surface area contributed by atoms with Crippen molar-refractivity contribution in [3.63, 3.8) is 0 Å². The van der Waals surface area contributed by atoms with Crippen LogP contribution in [0.3, 0.4) is 0 Å². The first kappa shape index (κ1) is 12.5. The number of nitrogens with zero attached hydrogens (tertiary/aromatic N) is 2. The minimum atomic E-state index is 0.626. The number of aromatic nitrogens is 1. The maximum absolute atomic E-state index is 5.75. The lowest BCUT2D eigenvalue weighted by atomic mass is 10.1.